The summed E-state index contributed by atoms with van der Waals surface area (Å²) in [5, 5.41) is 3.32. The molecule has 2 fully saturated rings. The molecular weight excluding hydrogens is 435 g/mol. The van der Waals surface area contributed by atoms with E-state index in [1.807, 2.05) is 25.1 Å². The maximum atomic E-state index is 14.2. The van der Waals surface area contributed by atoms with E-state index in [-0.39, 0.29) is 41.5 Å². The van der Waals surface area contributed by atoms with Crippen LogP contribution in [0.2, 0.25) is 0 Å². The van der Waals surface area contributed by atoms with E-state index in [1.54, 1.807) is 40.9 Å². The highest BCUT2D eigenvalue weighted by Crippen LogP contribution is 2.42. The minimum absolute atomic E-state index is 0.0163. The third-order valence-electron chi connectivity index (χ3n) is 6.44. The molecule has 174 valence electrons. The van der Waals surface area contributed by atoms with Crippen LogP contribution in [0.3, 0.4) is 0 Å². The fourth-order valence-electron chi connectivity index (χ4n) is 4.67. The van der Waals surface area contributed by atoms with Crippen LogP contribution in [0.1, 0.15) is 50.2 Å². The van der Waals surface area contributed by atoms with Crippen molar-refractivity contribution >= 4 is 29.7 Å². The molecule has 1 saturated heterocycles. The van der Waals surface area contributed by atoms with Gasteiger partial charge in [0.05, 0.1) is 4.91 Å². The lowest BCUT2D eigenvalue weighted by Gasteiger charge is -2.44. The van der Waals surface area contributed by atoms with Crippen LogP contribution in [0.5, 0.6) is 0 Å². The summed E-state index contributed by atoms with van der Waals surface area (Å²) < 4.78 is 14.2. The van der Waals surface area contributed by atoms with Crippen molar-refractivity contribution in [2.75, 3.05) is 6.54 Å². The molecule has 6 heteroatoms. The number of carbonyl (C=O) groups excluding carboxylic acids is 2. The van der Waals surface area contributed by atoms with Crippen LogP contribution in [-0.4, -0.2) is 40.6 Å². The lowest BCUT2D eigenvalue weighted by atomic mass is 9.93. The molecule has 3 atom stereocenters. The number of thioether (sulfide) groups is 1. The van der Waals surface area contributed by atoms with Crippen LogP contribution in [0.15, 0.2) is 59.5 Å². The highest BCUT2D eigenvalue weighted by atomic mass is 32.2. The Bertz CT molecular complexity index is 1010. The number of nitrogens with zero attached hydrogens (tertiary/aromatic N) is 1. The number of amides is 2. The molecule has 1 saturated carbocycles. The molecule has 2 aliphatic rings. The van der Waals surface area contributed by atoms with Gasteiger partial charge >= 0.3 is 0 Å². The van der Waals surface area contributed by atoms with E-state index in [4.69, 9.17) is 0 Å². The van der Waals surface area contributed by atoms with E-state index in [0.717, 1.165) is 38.5 Å². The summed E-state index contributed by atoms with van der Waals surface area (Å²) in [5.74, 6) is -0.649. The van der Waals surface area contributed by atoms with E-state index in [9.17, 15) is 14.0 Å². The summed E-state index contributed by atoms with van der Waals surface area (Å²) in [5.41, 5.74) is 1.65. The first-order valence-electron chi connectivity index (χ1n) is 11.8. The Labute approximate surface area is 199 Å². The molecule has 3 unspecified atom stereocenters. The third-order valence-corrected chi connectivity index (χ3v) is 7.84. The highest BCUT2D eigenvalue weighted by molar-refractivity contribution is 8.04. The standard InChI is InChI=1S/C27H31FN2O2S/c1-19(15-16-20-9-3-2-4-10-20)29-26(31)18-30-23-13-7-8-14-24(23)33-25(27(30)32)17-21-11-5-6-12-22(21)28/h2-6,9-12,17,19,23-24H,7-8,13-16,18H2,1H3,(H,29,31)/b25-17-. The molecule has 1 heterocycles. The molecule has 0 radical (unpaired) electrons. The fraction of sp³-hybridized carbons (Fsp3) is 0.407. The molecule has 2 aromatic rings. The first kappa shape index (κ1) is 23.6. The van der Waals surface area contributed by atoms with Crippen LogP contribution in [-0.2, 0) is 16.0 Å². The van der Waals surface area contributed by atoms with Crippen molar-refractivity contribution in [1.82, 2.24) is 10.2 Å². The molecule has 0 spiro atoms. The van der Waals surface area contributed by atoms with E-state index in [1.165, 1.54) is 11.6 Å². The van der Waals surface area contributed by atoms with Crippen molar-refractivity contribution in [2.45, 2.75) is 62.8 Å². The van der Waals surface area contributed by atoms with Gasteiger partial charge in [0.2, 0.25) is 5.91 Å². The first-order valence-corrected chi connectivity index (χ1v) is 12.7. The maximum Gasteiger partial charge on any atom is 0.261 e. The predicted molar refractivity (Wildman–Crippen MR) is 132 cm³/mol. The van der Waals surface area contributed by atoms with Crippen molar-refractivity contribution in [2.24, 2.45) is 0 Å². The topological polar surface area (TPSA) is 49.4 Å². The Morgan fingerprint density at radius 2 is 1.88 bits per heavy atom. The number of hydrogen-bond donors (Lipinski definition) is 1. The zero-order valence-electron chi connectivity index (χ0n) is 19.0. The number of halogens is 1. The lowest BCUT2D eigenvalue weighted by Crippen LogP contribution is -2.55. The lowest BCUT2D eigenvalue weighted by molar-refractivity contribution is -0.135. The zero-order chi connectivity index (χ0) is 23.2. The van der Waals surface area contributed by atoms with Gasteiger partial charge in [-0.15, -0.1) is 11.8 Å². The van der Waals surface area contributed by atoms with Crippen molar-refractivity contribution < 1.29 is 14.0 Å². The highest BCUT2D eigenvalue weighted by Gasteiger charge is 2.41. The Balaban J connectivity index is 1.43. The first-order chi connectivity index (χ1) is 16.0. The molecule has 2 aromatic carbocycles. The second-order valence-corrected chi connectivity index (χ2v) is 10.2. The summed E-state index contributed by atoms with van der Waals surface area (Å²) in [6, 6.07) is 16.8. The Morgan fingerprint density at radius 3 is 2.67 bits per heavy atom. The van der Waals surface area contributed by atoms with E-state index in [2.05, 4.69) is 17.4 Å². The molecule has 4 rings (SSSR count). The SMILES string of the molecule is CC(CCc1ccccc1)NC(=O)CN1C(=O)/C(=C/c2ccccc2F)SC2CCCCC21. The Morgan fingerprint density at radius 1 is 1.15 bits per heavy atom. The summed E-state index contributed by atoms with van der Waals surface area (Å²) in [4.78, 5) is 28.5. The number of nitrogens with one attached hydrogen (secondary N) is 1. The molecule has 1 aliphatic carbocycles. The van der Waals surface area contributed by atoms with Gasteiger partial charge in [-0.25, -0.2) is 4.39 Å². The van der Waals surface area contributed by atoms with E-state index in [0.29, 0.717) is 10.5 Å². The molecular formula is C27H31FN2O2S. The van der Waals surface area contributed by atoms with Gasteiger partial charge in [0.25, 0.3) is 5.91 Å². The second kappa shape index (κ2) is 11.0. The zero-order valence-corrected chi connectivity index (χ0v) is 19.8. The largest absolute Gasteiger partial charge is 0.352 e. The molecule has 33 heavy (non-hydrogen) atoms. The normalized spacial score (nSPS) is 22.7. The van der Waals surface area contributed by atoms with Crippen LogP contribution < -0.4 is 5.32 Å². The number of carbonyl (C=O) groups is 2. The fourth-order valence-corrected chi connectivity index (χ4v) is 6.13. The maximum absolute atomic E-state index is 14.2. The number of hydrogen-bond acceptors (Lipinski definition) is 3. The van der Waals surface area contributed by atoms with Crippen molar-refractivity contribution in [3.63, 3.8) is 0 Å². The van der Waals surface area contributed by atoms with Crippen molar-refractivity contribution in [3.8, 4) is 0 Å². The molecule has 0 aromatic heterocycles. The predicted octanol–water partition coefficient (Wildman–Crippen LogP) is 5.19. The number of fused-ring (bicyclic) bond motifs is 1. The van der Waals surface area contributed by atoms with Crippen LogP contribution in [0.4, 0.5) is 4.39 Å². The quantitative estimate of drug-likeness (QED) is 0.571. The van der Waals surface area contributed by atoms with Crippen molar-refractivity contribution in [3.05, 3.63) is 76.4 Å². The Kier molecular flexibility index (Phi) is 7.86. The van der Waals surface area contributed by atoms with Crippen LogP contribution >= 0.6 is 11.8 Å². The molecule has 0 bridgehead atoms. The van der Waals surface area contributed by atoms with Gasteiger partial charge in [-0.05, 0) is 50.3 Å². The summed E-state index contributed by atoms with van der Waals surface area (Å²) in [6.45, 7) is 2.05. The minimum Gasteiger partial charge on any atom is -0.352 e. The Hall–Kier alpha value is -2.60. The molecule has 1 N–H and O–H groups in total. The van der Waals surface area contributed by atoms with E-state index < -0.39 is 0 Å². The van der Waals surface area contributed by atoms with Gasteiger partial charge < -0.3 is 10.2 Å². The summed E-state index contributed by atoms with van der Waals surface area (Å²) in [6.07, 6.45) is 7.46. The third kappa shape index (κ3) is 6.05. The van der Waals surface area contributed by atoms with Crippen LogP contribution in [0.25, 0.3) is 6.08 Å². The number of benzene rings is 2. The van der Waals surface area contributed by atoms with Gasteiger partial charge in [0, 0.05) is 22.9 Å². The van der Waals surface area contributed by atoms with Crippen LogP contribution in [0, 0.1) is 5.82 Å². The smallest absolute Gasteiger partial charge is 0.261 e. The number of rotatable bonds is 7. The van der Waals surface area contributed by atoms with Gasteiger partial charge in [0.1, 0.15) is 12.4 Å². The second-order valence-electron chi connectivity index (χ2n) is 8.96. The molecule has 2 amide bonds. The van der Waals surface area contributed by atoms with Gasteiger partial charge in [-0.1, -0.05) is 61.4 Å². The van der Waals surface area contributed by atoms with Crippen molar-refractivity contribution in [1.29, 1.82) is 0 Å². The average Bonchev–Trinajstić information content (AvgIpc) is 2.82. The minimum atomic E-state index is -0.347. The molecule has 1 aliphatic heterocycles. The monoisotopic (exact) mass is 466 g/mol. The summed E-state index contributed by atoms with van der Waals surface area (Å²) >= 11 is 1.55. The number of aryl methyl sites for hydroxylation is 1. The molecule has 4 nitrogen and oxygen atoms in total. The van der Waals surface area contributed by atoms with Gasteiger partial charge in [-0.3, -0.25) is 9.59 Å². The van der Waals surface area contributed by atoms with E-state index >= 15 is 0 Å². The average molecular weight is 467 g/mol. The van der Waals surface area contributed by atoms with Gasteiger partial charge in [-0.2, -0.15) is 0 Å². The summed E-state index contributed by atoms with van der Waals surface area (Å²) in [7, 11) is 0. The van der Waals surface area contributed by atoms with Gasteiger partial charge in [0.15, 0.2) is 0 Å².